The molecule has 33 heavy (non-hydrogen) atoms. The van der Waals surface area contributed by atoms with Gasteiger partial charge in [-0.25, -0.2) is 8.78 Å². The summed E-state index contributed by atoms with van der Waals surface area (Å²) in [6.07, 6.45) is 0.279. The van der Waals surface area contributed by atoms with Crippen LogP contribution in [0.5, 0.6) is 5.75 Å². The van der Waals surface area contributed by atoms with Crippen molar-refractivity contribution in [1.82, 2.24) is 10.2 Å². The highest BCUT2D eigenvalue weighted by atomic mass is 19.1. The summed E-state index contributed by atoms with van der Waals surface area (Å²) in [4.78, 5) is 28.2. The van der Waals surface area contributed by atoms with Gasteiger partial charge in [-0.3, -0.25) is 9.59 Å². The van der Waals surface area contributed by atoms with Crippen molar-refractivity contribution in [1.29, 1.82) is 0 Å². The van der Waals surface area contributed by atoms with E-state index in [0.717, 1.165) is 17.2 Å². The topological polar surface area (TPSA) is 58.6 Å². The molecular weight excluding hydrogens is 426 g/mol. The van der Waals surface area contributed by atoms with Gasteiger partial charge in [-0.1, -0.05) is 30.3 Å². The van der Waals surface area contributed by atoms with Gasteiger partial charge in [0.1, 0.15) is 22.9 Å². The Morgan fingerprint density at radius 3 is 2.36 bits per heavy atom. The second kappa shape index (κ2) is 9.02. The number of rotatable bonds is 6. The smallest absolute Gasteiger partial charge is 0.255 e. The molecule has 0 aromatic heterocycles. The second-order valence-electron chi connectivity index (χ2n) is 8.31. The molecule has 0 saturated heterocycles. The molecule has 0 unspecified atom stereocenters. The van der Waals surface area contributed by atoms with E-state index in [9.17, 15) is 18.4 Å². The number of methoxy groups -OCH3 is 1. The van der Waals surface area contributed by atoms with E-state index in [2.05, 4.69) is 5.32 Å². The third-order valence-corrected chi connectivity index (χ3v) is 5.99. The normalized spacial score (nSPS) is 17.5. The molecule has 0 saturated carbocycles. The monoisotopic (exact) mass is 450 g/mol. The van der Waals surface area contributed by atoms with Crippen LogP contribution in [0.1, 0.15) is 34.0 Å². The fourth-order valence-electron chi connectivity index (χ4n) is 4.17. The van der Waals surface area contributed by atoms with Gasteiger partial charge < -0.3 is 15.0 Å². The van der Waals surface area contributed by atoms with Gasteiger partial charge in [-0.05, 0) is 53.9 Å². The Balaban J connectivity index is 1.63. The Bertz CT molecular complexity index is 1180. The zero-order valence-corrected chi connectivity index (χ0v) is 18.4. The predicted octanol–water partition coefficient (Wildman–Crippen LogP) is 4.25. The molecule has 0 aliphatic carbocycles. The van der Waals surface area contributed by atoms with Crippen molar-refractivity contribution in [2.24, 2.45) is 0 Å². The quantitative estimate of drug-likeness (QED) is 0.611. The number of hydrogen-bond acceptors (Lipinski definition) is 3. The minimum absolute atomic E-state index is 0.103. The molecule has 170 valence electrons. The van der Waals surface area contributed by atoms with Crippen molar-refractivity contribution >= 4 is 11.8 Å². The van der Waals surface area contributed by atoms with Crippen LogP contribution in [0.2, 0.25) is 0 Å². The Kier molecular flexibility index (Phi) is 6.14. The van der Waals surface area contributed by atoms with E-state index in [4.69, 9.17) is 4.74 Å². The lowest BCUT2D eigenvalue weighted by Crippen LogP contribution is -2.62. The van der Waals surface area contributed by atoms with Crippen LogP contribution >= 0.6 is 0 Å². The highest BCUT2D eigenvalue weighted by molar-refractivity contribution is 6.02. The average molecular weight is 450 g/mol. The van der Waals surface area contributed by atoms with E-state index < -0.39 is 17.2 Å². The molecule has 1 N–H and O–H groups in total. The fourth-order valence-corrected chi connectivity index (χ4v) is 4.17. The maximum atomic E-state index is 13.8. The lowest BCUT2D eigenvalue weighted by Gasteiger charge is -2.44. The summed E-state index contributed by atoms with van der Waals surface area (Å²) in [6.45, 7) is 1.84. The van der Waals surface area contributed by atoms with Crippen molar-refractivity contribution < 1.29 is 23.1 Å². The summed E-state index contributed by atoms with van der Waals surface area (Å²) in [6, 6.07) is 17.5. The van der Waals surface area contributed by atoms with E-state index in [-0.39, 0.29) is 36.9 Å². The van der Waals surface area contributed by atoms with Crippen LogP contribution in [0.3, 0.4) is 0 Å². The van der Waals surface area contributed by atoms with Gasteiger partial charge in [0.15, 0.2) is 0 Å². The molecule has 1 aliphatic heterocycles. The van der Waals surface area contributed by atoms with Gasteiger partial charge in [-0.2, -0.15) is 0 Å². The van der Waals surface area contributed by atoms with Gasteiger partial charge in [0.05, 0.1) is 7.11 Å². The van der Waals surface area contributed by atoms with E-state index in [1.807, 2.05) is 24.3 Å². The minimum atomic E-state index is -1.25. The van der Waals surface area contributed by atoms with Crippen LogP contribution in [0.25, 0.3) is 0 Å². The first-order chi connectivity index (χ1) is 15.8. The summed E-state index contributed by atoms with van der Waals surface area (Å²) < 4.78 is 32.8. The predicted molar refractivity (Wildman–Crippen MR) is 120 cm³/mol. The zero-order valence-electron chi connectivity index (χ0n) is 18.4. The minimum Gasteiger partial charge on any atom is -0.497 e. The summed E-state index contributed by atoms with van der Waals surface area (Å²) in [7, 11) is 1.58. The van der Waals surface area contributed by atoms with Crippen LogP contribution in [0.15, 0.2) is 66.7 Å². The van der Waals surface area contributed by atoms with Crippen LogP contribution < -0.4 is 10.1 Å². The SMILES string of the molecule is COc1ccc(CNC(=O)[C@@]2(C)Cc3ccccc3C(=O)N2Cc2cc(F)cc(F)c2)cc1. The van der Waals surface area contributed by atoms with Crippen molar-refractivity contribution in [3.8, 4) is 5.75 Å². The fraction of sp³-hybridized carbons (Fsp3) is 0.231. The molecule has 3 aromatic rings. The van der Waals surface area contributed by atoms with Gasteiger partial charge in [0.25, 0.3) is 5.91 Å². The maximum Gasteiger partial charge on any atom is 0.255 e. The molecule has 0 fully saturated rings. The molecule has 4 rings (SSSR count). The summed E-state index contributed by atoms with van der Waals surface area (Å²) in [5.74, 6) is -1.47. The summed E-state index contributed by atoms with van der Waals surface area (Å²) in [5.41, 5.74) is 1.13. The lowest BCUT2D eigenvalue weighted by molar-refractivity contribution is -0.132. The molecule has 0 bridgehead atoms. The average Bonchev–Trinajstić information content (AvgIpc) is 2.80. The molecule has 1 aliphatic rings. The molecule has 0 spiro atoms. The van der Waals surface area contributed by atoms with E-state index in [0.29, 0.717) is 11.3 Å². The number of amides is 2. The Morgan fingerprint density at radius 2 is 1.70 bits per heavy atom. The van der Waals surface area contributed by atoms with Crippen LogP contribution in [-0.4, -0.2) is 29.4 Å². The highest BCUT2D eigenvalue weighted by Crippen LogP contribution is 2.33. The molecular formula is C26H24F2N2O3. The highest BCUT2D eigenvalue weighted by Gasteiger charge is 2.46. The van der Waals surface area contributed by atoms with Crippen LogP contribution in [0, 0.1) is 11.6 Å². The number of carbonyl (C=O) groups excluding carboxylic acids is 2. The summed E-state index contributed by atoms with van der Waals surface area (Å²) >= 11 is 0. The second-order valence-corrected chi connectivity index (χ2v) is 8.31. The number of benzene rings is 3. The number of nitrogens with one attached hydrogen (secondary N) is 1. The standard InChI is InChI=1S/C26H24F2N2O3/c1-26(25(32)29-15-17-7-9-22(33-2)10-8-17)14-19-5-3-4-6-23(19)24(31)30(26)16-18-11-20(27)13-21(28)12-18/h3-13H,14-16H2,1-2H3,(H,29,32)/t26-/m1/s1. The molecule has 1 heterocycles. The third-order valence-electron chi connectivity index (χ3n) is 5.99. The van der Waals surface area contributed by atoms with Crippen LogP contribution in [-0.2, 0) is 24.3 Å². The Labute approximate surface area is 191 Å². The lowest BCUT2D eigenvalue weighted by atomic mass is 9.82. The largest absolute Gasteiger partial charge is 0.497 e. The maximum absolute atomic E-state index is 13.8. The number of hydrogen-bond donors (Lipinski definition) is 1. The Hall–Kier alpha value is -3.74. The first-order valence-corrected chi connectivity index (χ1v) is 10.6. The molecule has 5 nitrogen and oxygen atoms in total. The Morgan fingerprint density at radius 1 is 1.03 bits per heavy atom. The number of nitrogens with zero attached hydrogens (tertiary/aromatic N) is 1. The molecule has 7 heteroatoms. The van der Waals surface area contributed by atoms with Crippen molar-refractivity contribution in [3.63, 3.8) is 0 Å². The van der Waals surface area contributed by atoms with Gasteiger partial charge in [-0.15, -0.1) is 0 Å². The van der Waals surface area contributed by atoms with E-state index in [1.165, 1.54) is 17.0 Å². The van der Waals surface area contributed by atoms with Gasteiger partial charge in [0.2, 0.25) is 5.91 Å². The third kappa shape index (κ3) is 4.58. The van der Waals surface area contributed by atoms with E-state index in [1.54, 1.807) is 38.3 Å². The zero-order chi connectivity index (χ0) is 23.6. The molecule has 0 radical (unpaired) electrons. The molecule has 3 aromatic carbocycles. The number of fused-ring (bicyclic) bond motifs is 1. The van der Waals surface area contributed by atoms with Crippen molar-refractivity contribution in [2.75, 3.05) is 7.11 Å². The van der Waals surface area contributed by atoms with E-state index >= 15 is 0 Å². The number of carbonyl (C=O) groups is 2. The molecule has 2 amide bonds. The van der Waals surface area contributed by atoms with Crippen molar-refractivity contribution in [3.05, 3.63) is 101 Å². The summed E-state index contributed by atoms with van der Waals surface area (Å²) in [5, 5.41) is 2.91. The number of ether oxygens (including phenoxy) is 1. The number of halogens is 2. The van der Waals surface area contributed by atoms with Gasteiger partial charge in [0, 0.05) is 31.1 Å². The first kappa shape index (κ1) is 22.5. The van der Waals surface area contributed by atoms with Crippen molar-refractivity contribution in [2.45, 2.75) is 32.0 Å². The van der Waals surface area contributed by atoms with Crippen LogP contribution in [0.4, 0.5) is 8.78 Å². The molecule has 1 atom stereocenters. The van der Waals surface area contributed by atoms with Gasteiger partial charge >= 0.3 is 0 Å². The first-order valence-electron chi connectivity index (χ1n) is 10.6.